The standard InChI is InChI=1S/C25H19F2N7OS/c26-18-5-3-14(8-19(18)27)10-32-25(35)16-2-1-7-29-24(16)31-11-15-4-6-22(36-15)20-9-17-21(12-30-20)33-13-34-23(17)28/h1-9,12-13H,10-11H2,(H,29,31)(H,32,35)(H2,28,33,34). The molecule has 180 valence electrons. The van der Waals surface area contributed by atoms with E-state index in [4.69, 9.17) is 5.73 Å². The van der Waals surface area contributed by atoms with Crippen molar-refractivity contribution in [2.75, 3.05) is 11.1 Å². The Morgan fingerprint density at radius 2 is 1.86 bits per heavy atom. The van der Waals surface area contributed by atoms with E-state index in [0.717, 1.165) is 33.0 Å². The van der Waals surface area contributed by atoms with Crippen LogP contribution in [0.25, 0.3) is 21.5 Å². The number of pyridine rings is 2. The maximum atomic E-state index is 13.4. The number of carbonyl (C=O) groups is 1. The fourth-order valence-electron chi connectivity index (χ4n) is 3.55. The van der Waals surface area contributed by atoms with Gasteiger partial charge in [0.05, 0.1) is 34.4 Å². The lowest BCUT2D eigenvalue weighted by atomic mass is 10.2. The number of aromatic nitrogens is 4. The van der Waals surface area contributed by atoms with Crippen LogP contribution < -0.4 is 16.4 Å². The molecule has 0 atom stereocenters. The fourth-order valence-corrected chi connectivity index (χ4v) is 4.47. The number of nitrogens with zero attached hydrogens (tertiary/aromatic N) is 4. The van der Waals surface area contributed by atoms with E-state index < -0.39 is 11.6 Å². The number of nitrogens with two attached hydrogens (primary N) is 1. The van der Waals surface area contributed by atoms with E-state index in [1.165, 1.54) is 12.4 Å². The third-order valence-corrected chi connectivity index (χ3v) is 6.49. The molecule has 0 fully saturated rings. The third-order valence-electron chi connectivity index (χ3n) is 5.39. The monoisotopic (exact) mass is 503 g/mol. The summed E-state index contributed by atoms with van der Waals surface area (Å²) in [6.45, 7) is 0.483. The molecule has 8 nitrogen and oxygen atoms in total. The van der Waals surface area contributed by atoms with E-state index in [0.29, 0.717) is 34.8 Å². The van der Waals surface area contributed by atoms with Crippen LogP contribution in [0.5, 0.6) is 0 Å². The quantitative estimate of drug-likeness (QED) is 0.298. The average molecular weight is 504 g/mol. The van der Waals surface area contributed by atoms with Gasteiger partial charge in [0, 0.05) is 23.0 Å². The first-order chi connectivity index (χ1) is 17.5. The second-order valence-electron chi connectivity index (χ2n) is 7.80. The van der Waals surface area contributed by atoms with Crippen molar-refractivity contribution >= 4 is 39.8 Å². The molecule has 0 spiro atoms. The minimum atomic E-state index is -0.962. The van der Waals surface area contributed by atoms with Crippen LogP contribution in [0.4, 0.5) is 20.4 Å². The molecule has 4 N–H and O–H groups in total. The topological polar surface area (TPSA) is 119 Å². The highest BCUT2D eigenvalue weighted by molar-refractivity contribution is 7.15. The van der Waals surface area contributed by atoms with Crippen molar-refractivity contribution in [3.8, 4) is 10.6 Å². The van der Waals surface area contributed by atoms with E-state index in [-0.39, 0.29) is 12.5 Å². The second-order valence-corrected chi connectivity index (χ2v) is 8.96. The van der Waals surface area contributed by atoms with E-state index in [2.05, 4.69) is 30.6 Å². The fraction of sp³-hybridized carbons (Fsp3) is 0.0800. The summed E-state index contributed by atoms with van der Waals surface area (Å²) >= 11 is 1.54. The van der Waals surface area contributed by atoms with Crippen LogP contribution in [-0.2, 0) is 13.1 Å². The van der Waals surface area contributed by atoms with Gasteiger partial charge in [0.15, 0.2) is 11.6 Å². The Kier molecular flexibility index (Phi) is 6.46. The number of benzene rings is 1. The van der Waals surface area contributed by atoms with Gasteiger partial charge in [-0.1, -0.05) is 6.07 Å². The summed E-state index contributed by atoms with van der Waals surface area (Å²) in [5.74, 6) is -1.48. The molecule has 0 aliphatic carbocycles. The van der Waals surface area contributed by atoms with Crippen molar-refractivity contribution < 1.29 is 13.6 Å². The van der Waals surface area contributed by atoms with Crippen molar-refractivity contribution in [3.05, 3.63) is 94.9 Å². The van der Waals surface area contributed by atoms with Crippen molar-refractivity contribution in [2.45, 2.75) is 13.1 Å². The van der Waals surface area contributed by atoms with Gasteiger partial charge in [0.25, 0.3) is 5.91 Å². The van der Waals surface area contributed by atoms with Gasteiger partial charge in [-0.3, -0.25) is 9.78 Å². The number of nitrogens with one attached hydrogen (secondary N) is 2. The van der Waals surface area contributed by atoms with Gasteiger partial charge in [0.2, 0.25) is 0 Å². The van der Waals surface area contributed by atoms with E-state index in [1.54, 1.807) is 35.9 Å². The Bertz CT molecular complexity index is 1570. The second kappa shape index (κ2) is 10.0. The van der Waals surface area contributed by atoms with Crippen LogP contribution in [-0.4, -0.2) is 25.8 Å². The van der Waals surface area contributed by atoms with Crippen molar-refractivity contribution in [1.29, 1.82) is 0 Å². The summed E-state index contributed by atoms with van der Waals surface area (Å²) in [6, 6.07) is 12.6. The zero-order valence-electron chi connectivity index (χ0n) is 18.7. The van der Waals surface area contributed by atoms with Crippen LogP contribution in [0.2, 0.25) is 0 Å². The molecule has 0 saturated carbocycles. The molecule has 0 aliphatic rings. The number of anilines is 2. The van der Waals surface area contributed by atoms with Gasteiger partial charge in [-0.2, -0.15) is 0 Å². The Morgan fingerprint density at radius 1 is 0.972 bits per heavy atom. The van der Waals surface area contributed by atoms with Crippen LogP contribution in [0.1, 0.15) is 20.8 Å². The van der Waals surface area contributed by atoms with E-state index in [1.807, 2.05) is 18.2 Å². The van der Waals surface area contributed by atoms with Crippen LogP contribution in [0, 0.1) is 11.6 Å². The Hall–Kier alpha value is -4.51. The number of amides is 1. The highest BCUT2D eigenvalue weighted by atomic mass is 32.1. The normalized spacial score (nSPS) is 10.9. The van der Waals surface area contributed by atoms with Crippen molar-refractivity contribution in [2.24, 2.45) is 0 Å². The highest BCUT2D eigenvalue weighted by Crippen LogP contribution is 2.30. The van der Waals surface area contributed by atoms with Gasteiger partial charge < -0.3 is 16.4 Å². The number of carbonyl (C=O) groups excluding carboxylic acids is 1. The van der Waals surface area contributed by atoms with Gasteiger partial charge in [-0.05, 0) is 48.0 Å². The molecule has 36 heavy (non-hydrogen) atoms. The van der Waals surface area contributed by atoms with E-state index in [9.17, 15) is 13.6 Å². The van der Waals surface area contributed by atoms with E-state index >= 15 is 0 Å². The summed E-state index contributed by atoms with van der Waals surface area (Å²) in [5, 5.41) is 6.65. The number of rotatable bonds is 7. The SMILES string of the molecule is Nc1ncnc2cnc(-c3ccc(CNc4ncccc4C(=O)NCc4ccc(F)c(F)c4)s3)cc12. The molecule has 4 aromatic heterocycles. The lowest BCUT2D eigenvalue weighted by Gasteiger charge is -2.11. The molecular formula is C25H19F2N7OS. The number of fused-ring (bicyclic) bond motifs is 1. The minimum absolute atomic E-state index is 0.0486. The number of nitrogen functional groups attached to an aromatic ring is 1. The van der Waals surface area contributed by atoms with Crippen molar-refractivity contribution in [1.82, 2.24) is 25.3 Å². The highest BCUT2D eigenvalue weighted by Gasteiger charge is 2.14. The molecule has 0 unspecified atom stereocenters. The third kappa shape index (κ3) is 4.96. The molecule has 5 rings (SSSR count). The molecular weight excluding hydrogens is 484 g/mol. The maximum absolute atomic E-state index is 13.4. The molecule has 1 aromatic carbocycles. The number of hydrogen-bond donors (Lipinski definition) is 3. The van der Waals surface area contributed by atoms with Gasteiger partial charge >= 0.3 is 0 Å². The molecule has 0 aliphatic heterocycles. The van der Waals surface area contributed by atoms with Gasteiger partial charge in [0.1, 0.15) is 18.0 Å². The van der Waals surface area contributed by atoms with Crippen LogP contribution in [0.3, 0.4) is 0 Å². The average Bonchev–Trinajstić information content (AvgIpc) is 3.37. The first-order valence-corrected chi connectivity index (χ1v) is 11.7. The summed E-state index contributed by atoms with van der Waals surface area (Å²) in [6.07, 6.45) is 4.65. The Balaban J connectivity index is 1.26. The lowest BCUT2D eigenvalue weighted by Crippen LogP contribution is -2.24. The Labute approximate surface area is 208 Å². The summed E-state index contributed by atoms with van der Waals surface area (Å²) < 4.78 is 26.6. The molecule has 0 radical (unpaired) electrons. The van der Waals surface area contributed by atoms with Gasteiger partial charge in [-0.25, -0.2) is 23.7 Å². The molecule has 4 heterocycles. The number of hydrogen-bond acceptors (Lipinski definition) is 8. The molecule has 0 bridgehead atoms. The zero-order chi connectivity index (χ0) is 25.1. The molecule has 5 aromatic rings. The van der Waals surface area contributed by atoms with Crippen LogP contribution >= 0.6 is 11.3 Å². The summed E-state index contributed by atoms with van der Waals surface area (Å²) in [7, 11) is 0. The lowest BCUT2D eigenvalue weighted by molar-refractivity contribution is 0.0951. The predicted octanol–water partition coefficient (Wildman–Crippen LogP) is 4.55. The Morgan fingerprint density at radius 3 is 2.72 bits per heavy atom. The van der Waals surface area contributed by atoms with Crippen molar-refractivity contribution in [3.63, 3.8) is 0 Å². The molecule has 0 saturated heterocycles. The predicted molar refractivity (Wildman–Crippen MR) is 134 cm³/mol. The first kappa shape index (κ1) is 23.2. The zero-order valence-corrected chi connectivity index (χ0v) is 19.5. The van der Waals surface area contributed by atoms with Crippen LogP contribution in [0.15, 0.2) is 67.3 Å². The number of halogens is 2. The molecule has 11 heteroatoms. The largest absolute Gasteiger partial charge is 0.383 e. The number of thiophene rings is 1. The smallest absolute Gasteiger partial charge is 0.255 e. The summed E-state index contributed by atoms with van der Waals surface area (Å²) in [4.78, 5) is 31.7. The summed E-state index contributed by atoms with van der Waals surface area (Å²) in [5.41, 5.74) is 8.19. The molecule has 1 amide bonds. The first-order valence-electron chi connectivity index (χ1n) is 10.8. The van der Waals surface area contributed by atoms with Gasteiger partial charge in [-0.15, -0.1) is 11.3 Å². The minimum Gasteiger partial charge on any atom is -0.383 e. The maximum Gasteiger partial charge on any atom is 0.255 e.